The first-order chi connectivity index (χ1) is 5.08. The van der Waals surface area contributed by atoms with Crippen molar-refractivity contribution in [1.29, 1.82) is 0 Å². The first kappa shape index (κ1) is 9.78. The van der Waals surface area contributed by atoms with Gasteiger partial charge in [-0.3, -0.25) is 0 Å². The van der Waals surface area contributed by atoms with Gasteiger partial charge in [0.25, 0.3) is 0 Å². The van der Waals surface area contributed by atoms with Gasteiger partial charge < -0.3 is 0 Å². The standard InChI is InChI=1S/C7H9AsS3/c9-8(10,11)6-7-4-2-1-3-5-7/h1-5H,6H2,(H2,9,10,11). The van der Waals surface area contributed by atoms with Crippen LogP contribution < -0.4 is 0 Å². The van der Waals surface area contributed by atoms with Crippen molar-refractivity contribution in [3.63, 3.8) is 0 Å². The third-order valence-electron chi connectivity index (χ3n) is 1.23. The molecule has 0 N–H and O–H groups in total. The van der Waals surface area contributed by atoms with Crippen molar-refractivity contribution in [2.75, 3.05) is 0 Å². The Bertz CT molecular complexity index is 264. The quantitative estimate of drug-likeness (QED) is 0.612. The van der Waals surface area contributed by atoms with Crippen LogP contribution in [0.15, 0.2) is 30.3 Å². The van der Waals surface area contributed by atoms with Crippen molar-refractivity contribution in [3.05, 3.63) is 35.9 Å². The molecule has 1 aromatic carbocycles. The average molecular weight is 264 g/mol. The van der Waals surface area contributed by atoms with Crippen molar-refractivity contribution >= 4 is 41.7 Å². The van der Waals surface area contributed by atoms with Gasteiger partial charge in [0.1, 0.15) is 0 Å². The molecule has 0 atom stereocenters. The van der Waals surface area contributed by atoms with E-state index in [0.29, 0.717) is 0 Å². The summed E-state index contributed by atoms with van der Waals surface area (Å²) in [6.45, 7) is 0. The summed E-state index contributed by atoms with van der Waals surface area (Å²) < 4.78 is 0. The molecule has 11 heavy (non-hydrogen) atoms. The summed E-state index contributed by atoms with van der Waals surface area (Å²) in [4.78, 5) is 0. The van der Waals surface area contributed by atoms with Gasteiger partial charge in [0.05, 0.1) is 0 Å². The van der Waals surface area contributed by atoms with E-state index in [4.69, 9.17) is 10.4 Å². The fourth-order valence-electron chi connectivity index (χ4n) is 0.821. The van der Waals surface area contributed by atoms with Crippen LogP contribution in [0.4, 0.5) is 0 Å². The van der Waals surface area contributed by atoms with Gasteiger partial charge in [-0.25, -0.2) is 0 Å². The van der Waals surface area contributed by atoms with Crippen LogP contribution in [0.3, 0.4) is 0 Å². The maximum atomic E-state index is 5.17. The predicted octanol–water partition coefficient (Wildman–Crippen LogP) is 2.76. The number of hydrogen-bond acceptors (Lipinski definition) is 1. The number of rotatable bonds is 2. The Labute approximate surface area is 82.4 Å². The first-order valence-corrected chi connectivity index (χ1v) is 13.0. The van der Waals surface area contributed by atoms with Crippen LogP contribution >= 0.6 is 32.2 Å². The van der Waals surface area contributed by atoms with Gasteiger partial charge >= 0.3 is 82.8 Å². The third kappa shape index (κ3) is 4.31. The average Bonchev–Trinajstić information content (AvgIpc) is 1.85. The molecular formula is C7H9AsS3. The number of hydrogen-bond donors (Lipinski definition) is 2. The zero-order valence-electron chi connectivity index (χ0n) is 5.84. The van der Waals surface area contributed by atoms with E-state index < -0.39 is 9.56 Å². The number of thiol groups is 2. The van der Waals surface area contributed by atoms with Crippen LogP contribution in [0.2, 0.25) is 0 Å². The molecule has 0 nitrogen and oxygen atoms in total. The molecule has 1 rings (SSSR count). The predicted molar refractivity (Wildman–Crippen MR) is 61.5 cm³/mol. The Morgan fingerprint density at radius 1 is 1.18 bits per heavy atom. The van der Waals surface area contributed by atoms with Crippen LogP contribution in [-0.4, -0.2) is 9.56 Å². The Kier molecular flexibility index (Phi) is 3.63. The van der Waals surface area contributed by atoms with Crippen LogP contribution in [0.5, 0.6) is 0 Å². The van der Waals surface area contributed by atoms with E-state index in [1.54, 1.807) is 0 Å². The summed E-state index contributed by atoms with van der Waals surface area (Å²) >= 11 is 0. The second-order valence-corrected chi connectivity index (χ2v) is 20.5. The molecule has 0 aliphatic heterocycles. The van der Waals surface area contributed by atoms with E-state index in [0.717, 1.165) is 5.21 Å². The Balaban J connectivity index is 2.74. The van der Waals surface area contributed by atoms with Gasteiger partial charge in [-0.15, -0.1) is 0 Å². The molecule has 60 valence electrons. The maximum absolute atomic E-state index is 5.17. The molecule has 0 saturated heterocycles. The molecule has 0 aliphatic rings. The minimum atomic E-state index is -2.24. The summed E-state index contributed by atoms with van der Waals surface area (Å²) in [7, 11) is 11.6. The summed E-state index contributed by atoms with van der Waals surface area (Å²) in [5, 5.41) is 0.876. The van der Waals surface area contributed by atoms with Crippen LogP contribution in [-0.2, 0) is 5.21 Å². The van der Waals surface area contributed by atoms with Gasteiger partial charge in [0.2, 0.25) is 0 Å². The Hall–Kier alpha value is 0.698. The Morgan fingerprint density at radius 3 is 2.18 bits per heavy atom. The normalized spacial score (nSPS) is 11.5. The van der Waals surface area contributed by atoms with Gasteiger partial charge in [-0.1, -0.05) is 0 Å². The first-order valence-electron chi connectivity index (χ1n) is 3.16. The summed E-state index contributed by atoms with van der Waals surface area (Å²) in [6, 6.07) is 10.1. The van der Waals surface area contributed by atoms with Crippen LogP contribution in [0.1, 0.15) is 5.56 Å². The van der Waals surface area contributed by atoms with Crippen molar-refractivity contribution in [3.8, 4) is 0 Å². The molecular weight excluding hydrogens is 255 g/mol. The zero-order chi connectivity index (χ0) is 8.32. The van der Waals surface area contributed by atoms with Crippen molar-refractivity contribution in [1.82, 2.24) is 0 Å². The third-order valence-corrected chi connectivity index (χ3v) is 5.00. The Morgan fingerprint density at radius 2 is 1.73 bits per heavy atom. The molecule has 0 amide bonds. The van der Waals surface area contributed by atoms with Gasteiger partial charge in [-0.05, 0) is 0 Å². The topological polar surface area (TPSA) is 0 Å². The molecule has 0 saturated carbocycles. The van der Waals surface area contributed by atoms with E-state index in [1.165, 1.54) is 5.56 Å². The monoisotopic (exact) mass is 264 g/mol. The molecule has 0 heterocycles. The molecule has 0 bridgehead atoms. The molecule has 0 aromatic heterocycles. The van der Waals surface area contributed by atoms with E-state index >= 15 is 0 Å². The van der Waals surface area contributed by atoms with E-state index in [9.17, 15) is 0 Å². The van der Waals surface area contributed by atoms with Crippen LogP contribution in [0.25, 0.3) is 0 Å². The minimum absolute atomic E-state index is 0.876. The van der Waals surface area contributed by atoms with Crippen molar-refractivity contribution in [2.45, 2.75) is 5.21 Å². The fraction of sp³-hybridized carbons (Fsp3) is 0.143. The van der Waals surface area contributed by atoms with Crippen LogP contribution in [0, 0.1) is 0 Å². The van der Waals surface area contributed by atoms with Crippen molar-refractivity contribution < 1.29 is 0 Å². The number of benzene rings is 1. The van der Waals surface area contributed by atoms with E-state index in [-0.39, 0.29) is 0 Å². The molecule has 0 spiro atoms. The molecule has 0 radical (unpaired) electrons. The molecule has 4 heteroatoms. The summed E-state index contributed by atoms with van der Waals surface area (Å²) in [5.74, 6) is 0. The molecule has 0 fully saturated rings. The fourth-order valence-corrected chi connectivity index (χ4v) is 4.73. The second kappa shape index (κ2) is 4.08. The van der Waals surface area contributed by atoms with E-state index in [1.807, 2.05) is 18.2 Å². The molecule has 0 aliphatic carbocycles. The summed E-state index contributed by atoms with van der Waals surface area (Å²) in [5.41, 5.74) is 1.25. The molecule has 0 unspecified atom stereocenters. The SMILES string of the molecule is S=[As](S)(S)Cc1ccccc1. The molecule has 1 aromatic rings. The van der Waals surface area contributed by atoms with Gasteiger partial charge in [0, 0.05) is 0 Å². The van der Waals surface area contributed by atoms with E-state index in [2.05, 4.69) is 33.9 Å². The van der Waals surface area contributed by atoms with Gasteiger partial charge in [-0.2, -0.15) is 0 Å². The van der Waals surface area contributed by atoms with Gasteiger partial charge in [0.15, 0.2) is 0 Å². The second-order valence-electron chi connectivity index (χ2n) is 2.31. The van der Waals surface area contributed by atoms with Crippen molar-refractivity contribution in [2.24, 2.45) is 0 Å². The zero-order valence-corrected chi connectivity index (χ0v) is 10.3. The summed E-state index contributed by atoms with van der Waals surface area (Å²) in [6.07, 6.45) is 0.